The summed E-state index contributed by atoms with van der Waals surface area (Å²) in [4.78, 5) is 2.53. The minimum atomic E-state index is 0.486. The van der Waals surface area contributed by atoms with E-state index in [1.54, 1.807) is 0 Å². The maximum atomic E-state index is 4.39. The molecule has 0 aliphatic carbocycles. The summed E-state index contributed by atoms with van der Waals surface area (Å²) >= 11 is 0. The molecule has 103 valence electrons. The smallest absolute Gasteiger partial charge is 0.0234 e. The fourth-order valence-electron chi connectivity index (χ4n) is 3.29. The fourth-order valence-corrected chi connectivity index (χ4v) is 3.29. The van der Waals surface area contributed by atoms with Crippen molar-refractivity contribution in [2.75, 3.05) is 13.1 Å². The summed E-state index contributed by atoms with van der Waals surface area (Å²) < 4.78 is 0. The second kappa shape index (κ2) is 5.80. The Morgan fingerprint density at radius 1 is 1.00 bits per heavy atom. The van der Waals surface area contributed by atoms with Gasteiger partial charge in [0.15, 0.2) is 0 Å². The zero-order valence-electron chi connectivity index (χ0n) is 12.1. The first kappa shape index (κ1) is 13.4. The van der Waals surface area contributed by atoms with Crippen LogP contribution < -0.4 is 0 Å². The van der Waals surface area contributed by atoms with Gasteiger partial charge >= 0.3 is 0 Å². The minimum absolute atomic E-state index is 0.486. The second-order valence-corrected chi connectivity index (χ2v) is 5.90. The fraction of sp³-hybridized carbons (Fsp3) is 0.316. The molecule has 0 unspecified atom stereocenters. The van der Waals surface area contributed by atoms with Crippen LogP contribution in [0, 0.1) is 19.8 Å². The van der Waals surface area contributed by atoms with Crippen LogP contribution in [0.25, 0.3) is 0 Å². The molecular formula is C19H22N. The predicted octanol–water partition coefficient (Wildman–Crippen LogP) is 4.04. The number of nitrogens with zero attached hydrogens (tertiary/aromatic N) is 1. The molecule has 2 atom stereocenters. The lowest BCUT2D eigenvalue weighted by Crippen LogP contribution is -2.20. The summed E-state index contributed by atoms with van der Waals surface area (Å²) in [6.07, 6.45) is 0. The van der Waals surface area contributed by atoms with Gasteiger partial charge in [0.2, 0.25) is 0 Å². The van der Waals surface area contributed by atoms with E-state index in [0.29, 0.717) is 11.8 Å². The predicted molar refractivity (Wildman–Crippen MR) is 84.5 cm³/mol. The summed E-state index contributed by atoms with van der Waals surface area (Å²) in [5, 5.41) is 0. The van der Waals surface area contributed by atoms with E-state index < -0.39 is 0 Å². The average Bonchev–Trinajstić information content (AvgIpc) is 2.81. The van der Waals surface area contributed by atoms with Crippen LogP contribution >= 0.6 is 0 Å². The van der Waals surface area contributed by atoms with Crippen LogP contribution in [0.2, 0.25) is 0 Å². The number of hydrogen-bond donors (Lipinski definition) is 0. The van der Waals surface area contributed by atoms with Crippen LogP contribution in [0.15, 0.2) is 54.6 Å². The Labute approximate surface area is 122 Å². The van der Waals surface area contributed by atoms with Gasteiger partial charge in [0.1, 0.15) is 0 Å². The Hall–Kier alpha value is -1.60. The third kappa shape index (κ3) is 2.78. The molecule has 3 rings (SSSR count). The molecular weight excluding hydrogens is 242 g/mol. The zero-order chi connectivity index (χ0) is 13.9. The Bertz CT molecular complexity index is 561. The molecule has 1 heterocycles. The van der Waals surface area contributed by atoms with Gasteiger partial charge in [-0.1, -0.05) is 54.6 Å². The molecule has 1 fully saturated rings. The van der Waals surface area contributed by atoms with Crippen LogP contribution in [0.3, 0.4) is 0 Å². The SMILES string of the molecule is [CH2][C@@H]1CN(Cc2ccccc2)C[C@H]1c1ccccc1C. The van der Waals surface area contributed by atoms with Crippen molar-refractivity contribution in [3.8, 4) is 0 Å². The summed E-state index contributed by atoms with van der Waals surface area (Å²) in [7, 11) is 0. The Morgan fingerprint density at radius 2 is 1.70 bits per heavy atom. The van der Waals surface area contributed by atoms with Crippen molar-refractivity contribution in [3.05, 3.63) is 78.2 Å². The van der Waals surface area contributed by atoms with Gasteiger partial charge < -0.3 is 0 Å². The van der Waals surface area contributed by atoms with Gasteiger partial charge in [0, 0.05) is 25.6 Å². The van der Waals surface area contributed by atoms with Gasteiger partial charge in [-0.3, -0.25) is 4.90 Å². The molecule has 1 aliphatic heterocycles. The van der Waals surface area contributed by atoms with Gasteiger partial charge in [-0.05, 0) is 36.5 Å². The van der Waals surface area contributed by atoms with E-state index in [-0.39, 0.29) is 0 Å². The van der Waals surface area contributed by atoms with E-state index in [4.69, 9.17) is 0 Å². The lowest BCUT2D eigenvalue weighted by molar-refractivity contribution is 0.321. The number of hydrogen-bond acceptors (Lipinski definition) is 1. The normalized spacial score (nSPS) is 23.1. The highest BCUT2D eigenvalue weighted by Crippen LogP contribution is 2.34. The van der Waals surface area contributed by atoms with Crippen molar-refractivity contribution in [2.24, 2.45) is 5.92 Å². The highest BCUT2D eigenvalue weighted by molar-refractivity contribution is 5.31. The number of aryl methyl sites for hydroxylation is 1. The van der Waals surface area contributed by atoms with E-state index >= 15 is 0 Å². The Balaban J connectivity index is 1.73. The monoisotopic (exact) mass is 264 g/mol. The molecule has 0 aromatic heterocycles. The second-order valence-electron chi connectivity index (χ2n) is 5.90. The van der Waals surface area contributed by atoms with Gasteiger partial charge in [0.25, 0.3) is 0 Å². The topological polar surface area (TPSA) is 3.24 Å². The minimum Gasteiger partial charge on any atom is -0.298 e. The van der Waals surface area contributed by atoms with E-state index in [0.717, 1.165) is 19.6 Å². The van der Waals surface area contributed by atoms with Crippen LogP contribution in [-0.2, 0) is 6.54 Å². The van der Waals surface area contributed by atoms with Crippen LogP contribution in [0.1, 0.15) is 22.6 Å². The molecule has 20 heavy (non-hydrogen) atoms. The van der Waals surface area contributed by atoms with Crippen LogP contribution in [0.5, 0.6) is 0 Å². The van der Waals surface area contributed by atoms with Crippen molar-refractivity contribution in [2.45, 2.75) is 19.4 Å². The summed E-state index contributed by atoms with van der Waals surface area (Å²) in [5.74, 6) is 1.06. The molecule has 0 saturated carbocycles. The average molecular weight is 264 g/mol. The quantitative estimate of drug-likeness (QED) is 0.808. The van der Waals surface area contributed by atoms with Gasteiger partial charge in [-0.2, -0.15) is 0 Å². The van der Waals surface area contributed by atoms with Gasteiger partial charge in [0.05, 0.1) is 0 Å². The molecule has 2 aromatic rings. The largest absolute Gasteiger partial charge is 0.298 e. The summed E-state index contributed by atoms with van der Waals surface area (Å²) in [5.41, 5.74) is 4.26. The lowest BCUT2D eigenvalue weighted by Gasteiger charge is -2.18. The van der Waals surface area contributed by atoms with E-state index in [1.807, 2.05) is 0 Å². The highest BCUT2D eigenvalue weighted by Gasteiger charge is 2.31. The van der Waals surface area contributed by atoms with Gasteiger partial charge in [-0.15, -0.1) is 0 Å². The molecule has 1 saturated heterocycles. The molecule has 1 radical (unpaired) electrons. The maximum Gasteiger partial charge on any atom is 0.0234 e. The summed E-state index contributed by atoms with van der Waals surface area (Å²) in [6, 6.07) is 19.5. The number of benzene rings is 2. The molecule has 1 nitrogen and oxygen atoms in total. The zero-order valence-corrected chi connectivity index (χ0v) is 12.1. The molecule has 1 aliphatic rings. The lowest BCUT2D eigenvalue weighted by atomic mass is 9.88. The van der Waals surface area contributed by atoms with Crippen molar-refractivity contribution in [1.82, 2.24) is 4.90 Å². The van der Waals surface area contributed by atoms with Crippen molar-refractivity contribution < 1.29 is 0 Å². The van der Waals surface area contributed by atoms with Gasteiger partial charge in [-0.25, -0.2) is 0 Å². The Kier molecular flexibility index (Phi) is 3.88. The van der Waals surface area contributed by atoms with Crippen molar-refractivity contribution in [1.29, 1.82) is 0 Å². The molecule has 1 heteroatoms. The maximum absolute atomic E-state index is 4.39. The van der Waals surface area contributed by atoms with E-state index in [1.165, 1.54) is 16.7 Å². The third-order valence-corrected chi connectivity index (χ3v) is 4.35. The highest BCUT2D eigenvalue weighted by atomic mass is 15.1. The van der Waals surface area contributed by atoms with Crippen molar-refractivity contribution >= 4 is 0 Å². The molecule has 0 amide bonds. The molecule has 0 spiro atoms. The molecule has 0 bridgehead atoms. The third-order valence-electron chi connectivity index (χ3n) is 4.35. The van der Waals surface area contributed by atoms with Crippen LogP contribution in [-0.4, -0.2) is 18.0 Å². The first-order valence-electron chi connectivity index (χ1n) is 7.39. The molecule has 2 aromatic carbocycles. The first-order chi connectivity index (χ1) is 9.74. The first-order valence-corrected chi connectivity index (χ1v) is 7.39. The Morgan fingerprint density at radius 3 is 2.45 bits per heavy atom. The number of likely N-dealkylation sites (tertiary alicyclic amines) is 1. The van der Waals surface area contributed by atoms with E-state index in [2.05, 4.69) is 73.3 Å². The standard InChI is InChI=1S/C19H22N/c1-15-8-6-7-11-18(15)19-14-20(12-16(19)2)13-17-9-4-3-5-10-17/h3-11,16,19H,2,12-14H2,1H3/t16-,19-/m1/s1. The summed E-state index contributed by atoms with van der Waals surface area (Å²) in [6.45, 7) is 9.84. The van der Waals surface area contributed by atoms with Crippen molar-refractivity contribution in [3.63, 3.8) is 0 Å². The van der Waals surface area contributed by atoms with E-state index in [9.17, 15) is 0 Å². The number of rotatable bonds is 3. The molecule has 0 N–H and O–H groups in total. The van der Waals surface area contributed by atoms with Crippen LogP contribution in [0.4, 0.5) is 0 Å².